The second-order valence-corrected chi connectivity index (χ2v) is 10.5. The molecule has 226 valence electrons. The number of carbonyl (C=O) groups is 4. The minimum Gasteiger partial charge on any atom is -0.462 e. The van der Waals surface area contributed by atoms with E-state index in [0.29, 0.717) is 19.6 Å². The molecule has 0 spiro atoms. The Morgan fingerprint density at radius 1 is 0.900 bits per heavy atom. The van der Waals surface area contributed by atoms with Crippen LogP contribution in [0.5, 0.6) is 0 Å². The first-order valence-corrected chi connectivity index (χ1v) is 13.5. The summed E-state index contributed by atoms with van der Waals surface area (Å²) >= 11 is 0. The van der Waals surface area contributed by atoms with E-state index in [0.717, 1.165) is 5.56 Å². The molecule has 11 nitrogen and oxygen atoms in total. The Morgan fingerprint density at radius 2 is 1.52 bits per heavy atom. The lowest BCUT2D eigenvalue weighted by molar-refractivity contribution is -0.169. The van der Waals surface area contributed by atoms with Gasteiger partial charge in [-0.15, -0.1) is 0 Å². The SMILES string of the molecule is CCC(C)(CC(C)(C)C(=O)OCC(O)CNCCOC)C(=O)OCCOC(=O)C(C)C(=O)OCc1ccccc1. The molecule has 40 heavy (non-hydrogen) atoms. The van der Waals surface area contributed by atoms with Crippen LogP contribution < -0.4 is 5.32 Å². The van der Waals surface area contributed by atoms with Crippen molar-refractivity contribution in [3.05, 3.63) is 35.9 Å². The van der Waals surface area contributed by atoms with E-state index in [4.69, 9.17) is 23.7 Å². The second-order valence-electron chi connectivity index (χ2n) is 10.5. The number of ether oxygens (including phenoxy) is 5. The quantitative estimate of drug-likeness (QED) is 0.110. The molecule has 0 fully saturated rings. The average Bonchev–Trinajstić information content (AvgIpc) is 2.94. The fraction of sp³-hybridized carbons (Fsp3) is 0.655. The molecule has 0 aliphatic rings. The Hall–Kier alpha value is -3.02. The third-order valence-corrected chi connectivity index (χ3v) is 6.42. The number of hydrogen-bond donors (Lipinski definition) is 2. The standard InChI is InChI=1S/C29H45NO10/c1-7-29(5,20-28(3,4)26(34)40-19-23(31)17-30-13-14-36-6)27(35)38-16-15-37-24(32)21(2)25(33)39-18-22-11-9-8-10-12-22/h8-12,21,23,30-31H,7,13-20H2,1-6H3. The summed E-state index contributed by atoms with van der Waals surface area (Å²) in [7, 11) is 1.58. The first-order valence-electron chi connectivity index (χ1n) is 13.5. The van der Waals surface area contributed by atoms with Gasteiger partial charge in [0.15, 0.2) is 5.92 Å². The van der Waals surface area contributed by atoms with Gasteiger partial charge < -0.3 is 34.1 Å². The Morgan fingerprint density at radius 3 is 2.15 bits per heavy atom. The summed E-state index contributed by atoms with van der Waals surface area (Å²) in [5.41, 5.74) is -1.25. The number of aliphatic hydroxyl groups is 1. The lowest BCUT2D eigenvalue weighted by Gasteiger charge is -2.33. The molecule has 0 aromatic heterocycles. The largest absolute Gasteiger partial charge is 0.462 e. The van der Waals surface area contributed by atoms with Gasteiger partial charge >= 0.3 is 23.9 Å². The van der Waals surface area contributed by atoms with Crippen LogP contribution in [0.1, 0.15) is 53.0 Å². The van der Waals surface area contributed by atoms with Crippen LogP contribution in [0.4, 0.5) is 0 Å². The monoisotopic (exact) mass is 567 g/mol. The van der Waals surface area contributed by atoms with Gasteiger partial charge in [-0.1, -0.05) is 37.3 Å². The second kappa shape index (κ2) is 17.6. The van der Waals surface area contributed by atoms with Crippen LogP contribution >= 0.6 is 0 Å². The first-order chi connectivity index (χ1) is 18.9. The van der Waals surface area contributed by atoms with Gasteiger partial charge in [-0.3, -0.25) is 19.2 Å². The van der Waals surface area contributed by atoms with E-state index in [1.807, 2.05) is 18.2 Å². The molecule has 0 aliphatic heterocycles. The summed E-state index contributed by atoms with van der Waals surface area (Å²) in [5.74, 6) is -3.73. The van der Waals surface area contributed by atoms with E-state index in [1.54, 1.807) is 46.9 Å². The van der Waals surface area contributed by atoms with Crippen molar-refractivity contribution >= 4 is 23.9 Å². The van der Waals surface area contributed by atoms with Crippen LogP contribution in [-0.2, 0) is 49.5 Å². The van der Waals surface area contributed by atoms with Crippen molar-refractivity contribution < 1.29 is 48.0 Å². The minimum atomic E-state index is -1.13. The average molecular weight is 568 g/mol. The molecule has 3 atom stereocenters. The van der Waals surface area contributed by atoms with Crippen molar-refractivity contribution in [1.29, 1.82) is 0 Å². The molecule has 0 heterocycles. The molecule has 1 aromatic carbocycles. The zero-order valence-corrected chi connectivity index (χ0v) is 24.5. The molecule has 0 amide bonds. The first kappa shape index (κ1) is 35.0. The third kappa shape index (κ3) is 12.4. The summed E-state index contributed by atoms with van der Waals surface area (Å²) in [6.07, 6.45) is -0.352. The number of benzene rings is 1. The Kier molecular flexibility index (Phi) is 15.4. The number of hydrogen-bond acceptors (Lipinski definition) is 11. The van der Waals surface area contributed by atoms with Crippen LogP contribution in [0.25, 0.3) is 0 Å². The van der Waals surface area contributed by atoms with Crippen LogP contribution in [0.2, 0.25) is 0 Å². The number of rotatable bonds is 19. The number of nitrogens with one attached hydrogen (secondary N) is 1. The van der Waals surface area contributed by atoms with Crippen molar-refractivity contribution in [3.8, 4) is 0 Å². The molecule has 1 rings (SSSR count). The van der Waals surface area contributed by atoms with Crippen molar-refractivity contribution in [2.75, 3.05) is 46.6 Å². The lowest BCUT2D eigenvalue weighted by Crippen LogP contribution is -2.40. The van der Waals surface area contributed by atoms with E-state index in [9.17, 15) is 24.3 Å². The maximum atomic E-state index is 12.9. The van der Waals surface area contributed by atoms with Gasteiger partial charge in [0.1, 0.15) is 32.5 Å². The highest BCUT2D eigenvalue weighted by Crippen LogP contribution is 2.38. The molecule has 0 aliphatic carbocycles. The van der Waals surface area contributed by atoms with Crippen LogP contribution in [0.15, 0.2) is 30.3 Å². The molecule has 0 radical (unpaired) electrons. The predicted molar refractivity (Wildman–Crippen MR) is 146 cm³/mol. The summed E-state index contributed by atoms with van der Waals surface area (Å²) in [6.45, 7) is 8.93. The topological polar surface area (TPSA) is 147 Å². The van der Waals surface area contributed by atoms with Gasteiger partial charge in [-0.25, -0.2) is 0 Å². The fourth-order valence-electron chi connectivity index (χ4n) is 3.78. The molecule has 0 saturated carbocycles. The number of esters is 4. The number of carbonyl (C=O) groups excluding carboxylic acids is 4. The van der Waals surface area contributed by atoms with Crippen molar-refractivity contribution in [1.82, 2.24) is 5.32 Å². The summed E-state index contributed by atoms with van der Waals surface area (Å²) in [6, 6.07) is 9.07. The van der Waals surface area contributed by atoms with Gasteiger partial charge in [0.05, 0.1) is 17.4 Å². The van der Waals surface area contributed by atoms with Crippen molar-refractivity contribution in [2.45, 2.75) is 60.2 Å². The lowest BCUT2D eigenvalue weighted by atomic mass is 9.72. The van der Waals surface area contributed by atoms with Gasteiger partial charge in [0.2, 0.25) is 0 Å². The van der Waals surface area contributed by atoms with E-state index in [-0.39, 0.29) is 39.4 Å². The van der Waals surface area contributed by atoms with E-state index in [1.165, 1.54) is 6.92 Å². The van der Waals surface area contributed by atoms with Gasteiger partial charge in [-0.2, -0.15) is 0 Å². The van der Waals surface area contributed by atoms with Crippen LogP contribution in [0.3, 0.4) is 0 Å². The highest BCUT2D eigenvalue weighted by atomic mass is 16.6. The zero-order chi connectivity index (χ0) is 30.2. The minimum absolute atomic E-state index is 0.0427. The Labute approximate surface area is 236 Å². The van der Waals surface area contributed by atoms with E-state index in [2.05, 4.69) is 5.32 Å². The molecule has 1 aromatic rings. The molecule has 0 saturated heterocycles. The number of aliphatic hydroxyl groups excluding tert-OH is 1. The normalized spacial score (nSPS) is 14.4. The van der Waals surface area contributed by atoms with Crippen molar-refractivity contribution in [3.63, 3.8) is 0 Å². The maximum absolute atomic E-state index is 12.9. The molecule has 2 N–H and O–H groups in total. The molecule has 3 unspecified atom stereocenters. The summed E-state index contributed by atoms with van der Waals surface area (Å²) in [4.78, 5) is 50.0. The molecular formula is C29H45NO10. The highest BCUT2D eigenvalue weighted by Gasteiger charge is 2.43. The molecule has 0 bridgehead atoms. The molecular weight excluding hydrogens is 522 g/mol. The van der Waals surface area contributed by atoms with E-state index < -0.39 is 46.7 Å². The Bertz CT molecular complexity index is 936. The fourth-order valence-corrected chi connectivity index (χ4v) is 3.78. The third-order valence-electron chi connectivity index (χ3n) is 6.42. The van der Waals surface area contributed by atoms with Crippen LogP contribution in [-0.4, -0.2) is 81.7 Å². The van der Waals surface area contributed by atoms with Gasteiger partial charge in [0, 0.05) is 20.2 Å². The maximum Gasteiger partial charge on any atom is 0.320 e. The smallest absolute Gasteiger partial charge is 0.320 e. The van der Waals surface area contributed by atoms with Crippen molar-refractivity contribution in [2.24, 2.45) is 16.7 Å². The molecule has 11 heteroatoms. The van der Waals surface area contributed by atoms with Gasteiger partial charge in [0.25, 0.3) is 0 Å². The predicted octanol–water partition coefficient (Wildman–Crippen LogP) is 2.43. The van der Waals surface area contributed by atoms with Gasteiger partial charge in [-0.05, 0) is 46.1 Å². The highest BCUT2D eigenvalue weighted by molar-refractivity contribution is 5.94. The summed E-state index contributed by atoms with van der Waals surface area (Å²) in [5, 5.41) is 13.0. The number of methoxy groups -OCH3 is 1. The zero-order valence-electron chi connectivity index (χ0n) is 24.5. The Balaban J connectivity index is 2.46. The van der Waals surface area contributed by atoms with E-state index >= 15 is 0 Å². The van der Waals surface area contributed by atoms with Crippen LogP contribution in [0, 0.1) is 16.7 Å². The summed E-state index contributed by atoms with van der Waals surface area (Å²) < 4.78 is 25.8.